The highest BCUT2D eigenvalue weighted by atomic mass is 32.1. The van der Waals surface area contributed by atoms with Gasteiger partial charge in [-0.05, 0) is 77.9 Å². The monoisotopic (exact) mass is 684 g/mol. The smallest absolute Gasteiger partial charge is 0.164 e. The van der Waals surface area contributed by atoms with Gasteiger partial charge in [-0.3, -0.25) is 0 Å². The highest BCUT2D eigenvalue weighted by molar-refractivity contribution is 7.26. The van der Waals surface area contributed by atoms with Crippen molar-refractivity contribution in [3.05, 3.63) is 152 Å². The van der Waals surface area contributed by atoms with E-state index in [9.17, 15) is 0 Å². The van der Waals surface area contributed by atoms with Crippen LogP contribution in [0.4, 0.5) is 0 Å². The number of rotatable bonds is 4. The maximum Gasteiger partial charge on any atom is 0.164 e. The zero-order valence-corrected chi connectivity index (χ0v) is 28.9. The molecule has 0 unspecified atom stereocenters. The summed E-state index contributed by atoms with van der Waals surface area (Å²) in [6, 6.07) is 53.1. The number of aryl methyl sites for hydroxylation is 1. The van der Waals surface area contributed by atoms with Crippen LogP contribution >= 0.6 is 11.3 Å². The van der Waals surface area contributed by atoms with Crippen LogP contribution in [-0.4, -0.2) is 19.5 Å². The van der Waals surface area contributed by atoms with E-state index in [4.69, 9.17) is 19.4 Å². The van der Waals surface area contributed by atoms with Gasteiger partial charge >= 0.3 is 0 Å². The Hall–Kier alpha value is -6.63. The van der Waals surface area contributed by atoms with Gasteiger partial charge in [0.05, 0.1) is 0 Å². The summed E-state index contributed by atoms with van der Waals surface area (Å²) >= 11 is 1.81. The molecule has 0 N–H and O–H groups in total. The van der Waals surface area contributed by atoms with Crippen molar-refractivity contribution in [2.24, 2.45) is 7.05 Å². The molecule has 0 aliphatic carbocycles. The fourth-order valence-electron chi connectivity index (χ4n) is 7.74. The normalized spacial score (nSPS) is 11.9. The third-order valence-corrected chi connectivity index (χ3v) is 11.4. The molecule has 0 saturated heterocycles. The first-order valence-corrected chi connectivity index (χ1v) is 18.1. The van der Waals surface area contributed by atoms with Gasteiger partial charge in [0.25, 0.3) is 0 Å². The predicted molar refractivity (Wildman–Crippen MR) is 216 cm³/mol. The lowest BCUT2D eigenvalue weighted by Gasteiger charge is -2.09. The van der Waals surface area contributed by atoms with Gasteiger partial charge in [0.15, 0.2) is 17.5 Å². The van der Waals surface area contributed by atoms with Gasteiger partial charge in [-0.2, -0.15) is 0 Å². The molecule has 0 aliphatic rings. The number of benzene rings is 7. The Morgan fingerprint density at radius 1 is 0.423 bits per heavy atom. The third-order valence-electron chi connectivity index (χ3n) is 10.3. The fourth-order valence-corrected chi connectivity index (χ4v) is 8.85. The maximum atomic E-state index is 6.42. The molecule has 6 heteroatoms. The summed E-state index contributed by atoms with van der Waals surface area (Å²) in [7, 11) is 2.13. The summed E-state index contributed by atoms with van der Waals surface area (Å²) < 4.78 is 11.2. The van der Waals surface area contributed by atoms with Crippen molar-refractivity contribution in [1.82, 2.24) is 19.5 Å². The van der Waals surface area contributed by atoms with Crippen molar-refractivity contribution in [1.29, 1.82) is 0 Å². The lowest BCUT2D eigenvalue weighted by atomic mass is 10.0. The molecule has 0 amide bonds. The molecule has 0 radical (unpaired) electrons. The molecule has 0 atom stereocenters. The lowest BCUT2D eigenvalue weighted by molar-refractivity contribution is 0.669. The van der Waals surface area contributed by atoms with Crippen molar-refractivity contribution >= 4 is 75.3 Å². The molecule has 7 aromatic carbocycles. The van der Waals surface area contributed by atoms with Crippen LogP contribution in [0.1, 0.15) is 0 Å². The van der Waals surface area contributed by atoms with Gasteiger partial charge in [0, 0.05) is 76.5 Å². The van der Waals surface area contributed by atoms with Crippen LogP contribution < -0.4 is 0 Å². The molecule has 5 nitrogen and oxygen atoms in total. The number of aromatic nitrogens is 4. The lowest BCUT2D eigenvalue weighted by Crippen LogP contribution is -2.00. The van der Waals surface area contributed by atoms with Crippen molar-refractivity contribution in [3.8, 4) is 45.3 Å². The Bertz CT molecular complexity index is 3190. The number of furan rings is 1. The van der Waals surface area contributed by atoms with Crippen LogP contribution in [0.2, 0.25) is 0 Å². The minimum absolute atomic E-state index is 0.617. The minimum atomic E-state index is 0.617. The van der Waals surface area contributed by atoms with Crippen LogP contribution in [0.15, 0.2) is 156 Å². The summed E-state index contributed by atoms with van der Waals surface area (Å²) in [5, 5.41) is 7.01. The predicted octanol–water partition coefficient (Wildman–Crippen LogP) is 12.5. The molecule has 4 heterocycles. The Morgan fingerprint density at radius 3 is 1.71 bits per heavy atom. The van der Waals surface area contributed by atoms with Gasteiger partial charge in [0.2, 0.25) is 0 Å². The average Bonchev–Trinajstić information content (AvgIpc) is 3.86. The first-order chi connectivity index (χ1) is 25.7. The van der Waals surface area contributed by atoms with E-state index in [2.05, 4.69) is 127 Å². The van der Waals surface area contributed by atoms with E-state index in [1.807, 2.05) is 47.7 Å². The number of fused-ring (bicyclic) bond motifs is 10. The number of nitrogens with zero attached hydrogens (tertiary/aromatic N) is 4. The van der Waals surface area contributed by atoms with Crippen LogP contribution in [0.25, 0.3) is 109 Å². The first-order valence-electron chi connectivity index (χ1n) is 17.3. The van der Waals surface area contributed by atoms with E-state index in [0.717, 1.165) is 49.5 Å². The maximum absolute atomic E-state index is 6.42. The standard InChI is InChI=1S/C46H28N4OS/c1-50-36-19-16-29(27-10-4-2-5-11-27)24-33(36)34-25-30(17-20-37(34)50)45-47-44(28-12-6-3-7-13-28)48-46(49-45)31-18-21-38-35(26-31)42-39(51-38)22-23-41-43(42)32-14-8-9-15-40(32)52-41/h2-26H,1H3. The summed E-state index contributed by atoms with van der Waals surface area (Å²) in [6.07, 6.45) is 0. The van der Waals surface area contributed by atoms with Crippen molar-refractivity contribution in [2.75, 3.05) is 0 Å². The number of hydrogen-bond donors (Lipinski definition) is 0. The van der Waals surface area contributed by atoms with Gasteiger partial charge < -0.3 is 8.98 Å². The Balaban J connectivity index is 1.12. The molecule has 0 saturated carbocycles. The topological polar surface area (TPSA) is 56.7 Å². The summed E-state index contributed by atoms with van der Waals surface area (Å²) in [4.78, 5) is 15.3. The zero-order valence-electron chi connectivity index (χ0n) is 28.0. The van der Waals surface area contributed by atoms with Crippen LogP contribution in [0.3, 0.4) is 0 Å². The van der Waals surface area contributed by atoms with E-state index in [0.29, 0.717) is 17.5 Å². The molecule has 0 aliphatic heterocycles. The molecule has 52 heavy (non-hydrogen) atoms. The highest BCUT2D eigenvalue weighted by Crippen LogP contribution is 2.43. The van der Waals surface area contributed by atoms with Crippen molar-refractivity contribution < 1.29 is 4.42 Å². The molecule has 11 rings (SSSR count). The second-order valence-electron chi connectivity index (χ2n) is 13.3. The minimum Gasteiger partial charge on any atom is -0.456 e. The quantitative estimate of drug-likeness (QED) is 0.185. The van der Waals surface area contributed by atoms with E-state index in [-0.39, 0.29) is 0 Å². The Morgan fingerprint density at radius 2 is 0.981 bits per heavy atom. The Labute approximate surface area is 302 Å². The van der Waals surface area contributed by atoms with Crippen LogP contribution in [-0.2, 0) is 7.05 Å². The van der Waals surface area contributed by atoms with Crippen LogP contribution in [0.5, 0.6) is 0 Å². The molecule has 244 valence electrons. The average molecular weight is 685 g/mol. The van der Waals surface area contributed by atoms with Gasteiger partial charge in [0.1, 0.15) is 11.2 Å². The zero-order chi connectivity index (χ0) is 34.3. The van der Waals surface area contributed by atoms with Crippen LogP contribution in [0, 0.1) is 0 Å². The summed E-state index contributed by atoms with van der Waals surface area (Å²) in [5.74, 6) is 1.88. The van der Waals surface area contributed by atoms with Gasteiger partial charge in [-0.1, -0.05) is 84.9 Å². The van der Waals surface area contributed by atoms with Gasteiger partial charge in [-0.25, -0.2) is 15.0 Å². The third kappa shape index (κ3) is 4.44. The fraction of sp³-hybridized carbons (Fsp3) is 0.0217. The molecule has 0 bridgehead atoms. The van der Waals surface area contributed by atoms with E-state index >= 15 is 0 Å². The molecular formula is C46H28N4OS. The first kappa shape index (κ1) is 29.1. The molecular weight excluding hydrogens is 657 g/mol. The second-order valence-corrected chi connectivity index (χ2v) is 14.4. The van der Waals surface area contributed by atoms with Crippen molar-refractivity contribution in [3.63, 3.8) is 0 Å². The second kappa shape index (κ2) is 11.2. The van der Waals surface area contributed by atoms with E-state index in [1.54, 1.807) is 0 Å². The highest BCUT2D eigenvalue weighted by Gasteiger charge is 2.19. The van der Waals surface area contributed by atoms with E-state index in [1.165, 1.54) is 42.2 Å². The van der Waals surface area contributed by atoms with Gasteiger partial charge in [-0.15, -0.1) is 11.3 Å². The summed E-state index contributed by atoms with van der Waals surface area (Å²) in [6.45, 7) is 0. The number of thiophene rings is 1. The summed E-state index contributed by atoms with van der Waals surface area (Å²) in [5.41, 5.74) is 9.23. The largest absolute Gasteiger partial charge is 0.456 e. The molecule has 0 fully saturated rings. The van der Waals surface area contributed by atoms with E-state index < -0.39 is 0 Å². The Kier molecular flexibility index (Phi) is 6.27. The molecule has 4 aromatic heterocycles. The number of hydrogen-bond acceptors (Lipinski definition) is 5. The molecule has 0 spiro atoms. The molecule has 11 aromatic rings. The SMILES string of the molecule is Cn1c2ccc(-c3ccccc3)cc2c2cc(-c3nc(-c4ccccc4)nc(-c4ccc5oc6ccc7sc8ccccc8c7c6c5c4)n3)ccc21. The van der Waals surface area contributed by atoms with Crippen molar-refractivity contribution in [2.45, 2.75) is 0 Å².